The minimum atomic E-state index is -0.507. The predicted octanol–water partition coefficient (Wildman–Crippen LogP) is 3.73. The zero-order valence-corrected chi connectivity index (χ0v) is 18.1. The maximum Gasteiger partial charge on any atom is 0.248 e. The summed E-state index contributed by atoms with van der Waals surface area (Å²) in [6, 6.07) is 12.2. The van der Waals surface area contributed by atoms with Crippen LogP contribution in [0.15, 0.2) is 52.2 Å². The molecule has 7 nitrogen and oxygen atoms in total. The van der Waals surface area contributed by atoms with Gasteiger partial charge in [0.15, 0.2) is 0 Å². The van der Waals surface area contributed by atoms with Crippen molar-refractivity contribution in [3.63, 3.8) is 0 Å². The van der Waals surface area contributed by atoms with Gasteiger partial charge in [0.25, 0.3) is 0 Å². The van der Waals surface area contributed by atoms with Crippen LogP contribution in [0.3, 0.4) is 0 Å². The number of carbonyl (C=O) groups is 2. The smallest absolute Gasteiger partial charge is 0.248 e. The molecule has 1 aromatic heterocycles. The quantitative estimate of drug-likeness (QED) is 0.489. The number of carbonyl (C=O) groups excluding carboxylic acids is 2. The van der Waals surface area contributed by atoms with Crippen molar-refractivity contribution < 1.29 is 19.1 Å². The minimum Gasteiger partial charge on any atom is -0.497 e. The Hall–Kier alpha value is -3.04. The Bertz CT molecular complexity index is 1010. The van der Waals surface area contributed by atoms with E-state index < -0.39 is 5.91 Å². The standard InChI is InChI=1S/C21H21N3O4S2/c1-27-17-7-13(8-18(10-17)28-2)11-29-21-24-16(12-30-21)9-19(25)23-15-5-3-14(4-6-15)20(22)26/h3-8,10,12H,9,11H2,1-2H3,(H2,22,26)(H,23,25). The fourth-order valence-electron chi connectivity index (χ4n) is 2.62. The number of nitrogens with two attached hydrogens (primary N) is 1. The second kappa shape index (κ2) is 10.1. The number of ether oxygens (including phenoxy) is 2. The van der Waals surface area contributed by atoms with E-state index in [1.165, 1.54) is 11.3 Å². The molecular weight excluding hydrogens is 422 g/mol. The Morgan fingerprint density at radius 3 is 2.37 bits per heavy atom. The summed E-state index contributed by atoms with van der Waals surface area (Å²) in [7, 11) is 3.24. The number of primary amides is 1. The van der Waals surface area contributed by atoms with Crippen LogP contribution in [0.5, 0.6) is 11.5 Å². The average Bonchev–Trinajstić information content (AvgIpc) is 3.19. The summed E-state index contributed by atoms with van der Waals surface area (Å²) >= 11 is 3.09. The van der Waals surface area contributed by atoms with Crippen molar-refractivity contribution in [3.05, 3.63) is 64.7 Å². The Balaban J connectivity index is 1.54. The monoisotopic (exact) mass is 443 g/mol. The molecule has 0 spiro atoms. The van der Waals surface area contributed by atoms with Crippen molar-refractivity contribution in [2.75, 3.05) is 19.5 Å². The van der Waals surface area contributed by atoms with E-state index in [1.807, 2.05) is 23.6 Å². The third kappa shape index (κ3) is 5.98. The van der Waals surface area contributed by atoms with Gasteiger partial charge in [-0.3, -0.25) is 9.59 Å². The maximum atomic E-state index is 12.3. The fourth-order valence-corrected chi connectivity index (χ4v) is 4.39. The topological polar surface area (TPSA) is 104 Å². The molecule has 0 aliphatic heterocycles. The van der Waals surface area contributed by atoms with E-state index in [4.69, 9.17) is 15.2 Å². The van der Waals surface area contributed by atoms with Gasteiger partial charge in [-0.05, 0) is 42.0 Å². The zero-order chi connectivity index (χ0) is 21.5. The second-order valence-electron chi connectivity index (χ2n) is 6.28. The largest absolute Gasteiger partial charge is 0.497 e. The molecule has 3 aromatic rings. The first-order valence-electron chi connectivity index (χ1n) is 8.95. The lowest BCUT2D eigenvalue weighted by Crippen LogP contribution is -2.15. The number of anilines is 1. The molecule has 2 amide bonds. The summed E-state index contributed by atoms with van der Waals surface area (Å²) in [4.78, 5) is 27.9. The molecule has 9 heteroatoms. The number of hydrogen-bond acceptors (Lipinski definition) is 7. The lowest BCUT2D eigenvalue weighted by atomic mass is 10.2. The highest BCUT2D eigenvalue weighted by molar-refractivity contribution is 8.00. The van der Waals surface area contributed by atoms with Crippen LogP contribution in [-0.4, -0.2) is 31.0 Å². The number of thioether (sulfide) groups is 1. The van der Waals surface area contributed by atoms with Gasteiger partial charge in [0.05, 0.1) is 26.3 Å². The lowest BCUT2D eigenvalue weighted by molar-refractivity contribution is -0.115. The van der Waals surface area contributed by atoms with E-state index in [2.05, 4.69) is 10.3 Å². The fraction of sp³-hybridized carbons (Fsp3) is 0.190. The van der Waals surface area contributed by atoms with E-state index in [0.29, 0.717) is 22.7 Å². The number of amides is 2. The highest BCUT2D eigenvalue weighted by Gasteiger charge is 2.10. The molecule has 30 heavy (non-hydrogen) atoms. The molecule has 0 unspecified atom stereocenters. The molecule has 0 radical (unpaired) electrons. The van der Waals surface area contributed by atoms with Crippen molar-refractivity contribution in [3.8, 4) is 11.5 Å². The summed E-state index contributed by atoms with van der Waals surface area (Å²) in [6.07, 6.45) is 0.168. The van der Waals surface area contributed by atoms with Crippen molar-refractivity contribution >= 4 is 40.6 Å². The van der Waals surface area contributed by atoms with Gasteiger partial charge < -0.3 is 20.5 Å². The number of rotatable bonds is 9. The van der Waals surface area contributed by atoms with Crippen molar-refractivity contribution in [1.29, 1.82) is 0 Å². The van der Waals surface area contributed by atoms with Gasteiger partial charge in [-0.1, -0.05) is 11.8 Å². The first-order valence-corrected chi connectivity index (χ1v) is 10.8. The van der Waals surface area contributed by atoms with E-state index in [-0.39, 0.29) is 12.3 Å². The van der Waals surface area contributed by atoms with Crippen LogP contribution in [0.25, 0.3) is 0 Å². The second-order valence-corrected chi connectivity index (χ2v) is 8.36. The molecule has 0 saturated heterocycles. The van der Waals surface area contributed by atoms with Crippen LogP contribution >= 0.6 is 23.1 Å². The molecule has 0 atom stereocenters. The van der Waals surface area contributed by atoms with Gasteiger partial charge in [0, 0.05) is 28.5 Å². The maximum absolute atomic E-state index is 12.3. The molecule has 3 rings (SSSR count). The number of aromatic nitrogens is 1. The van der Waals surface area contributed by atoms with E-state index >= 15 is 0 Å². The first kappa shape index (κ1) is 21.7. The van der Waals surface area contributed by atoms with E-state index in [9.17, 15) is 9.59 Å². The number of nitrogens with one attached hydrogen (secondary N) is 1. The highest BCUT2D eigenvalue weighted by atomic mass is 32.2. The summed E-state index contributed by atoms with van der Waals surface area (Å²) in [6.45, 7) is 0. The number of thiazole rings is 1. The van der Waals surface area contributed by atoms with Gasteiger partial charge in [0.1, 0.15) is 15.8 Å². The summed E-state index contributed by atoms with van der Waals surface area (Å²) < 4.78 is 11.5. The molecule has 2 aromatic carbocycles. The van der Waals surface area contributed by atoms with E-state index in [1.54, 1.807) is 50.2 Å². The first-order chi connectivity index (χ1) is 14.5. The number of methoxy groups -OCH3 is 2. The SMILES string of the molecule is COc1cc(CSc2nc(CC(=O)Nc3ccc(C(N)=O)cc3)cs2)cc(OC)c1. The summed E-state index contributed by atoms with van der Waals surface area (Å²) in [5.41, 5.74) is 7.97. The van der Waals surface area contributed by atoms with Crippen LogP contribution in [0.1, 0.15) is 21.6 Å². The Morgan fingerprint density at radius 2 is 1.77 bits per heavy atom. The molecular formula is C21H21N3O4S2. The lowest BCUT2D eigenvalue weighted by Gasteiger charge is -2.07. The van der Waals surface area contributed by atoms with Crippen LogP contribution in [0.2, 0.25) is 0 Å². The minimum absolute atomic E-state index is 0.168. The van der Waals surface area contributed by atoms with Gasteiger partial charge in [-0.2, -0.15) is 0 Å². The highest BCUT2D eigenvalue weighted by Crippen LogP contribution is 2.30. The Kier molecular flexibility index (Phi) is 7.31. The molecule has 3 N–H and O–H groups in total. The molecule has 1 heterocycles. The molecule has 0 bridgehead atoms. The molecule has 0 aliphatic rings. The third-order valence-electron chi connectivity index (χ3n) is 4.10. The number of nitrogens with zero attached hydrogens (tertiary/aromatic N) is 1. The van der Waals surface area contributed by atoms with E-state index in [0.717, 1.165) is 21.4 Å². The van der Waals surface area contributed by atoms with Crippen LogP contribution in [-0.2, 0) is 17.0 Å². The van der Waals surface area contributed by atoms with Gasteiger partial charge in [-0.25, -0.2) is 4.98 Å². The normalized spacial score (nSPS) is 10.5. The molecule has 0 fully saturated rings. The summed E-state index contributed by atoms with van der Waals surface area (Å²) in [5.74, 6) is 1.50. The van der Waals surface area contributed by atoms with Gasteiger partial charge in [-0.15, -0.1) is 11.3 Å². The zero-order valence-electron chi connectivity index (χ0n) is 16.5. The van der Waals surface area contributed by atoms with Crippen molar-refractivity contribution in [1.82, 2.24) is 4.98 Å². The van der Waals surface area contributed by atoms with Crippen LogP contribution in [0, 0.1) is 0 Å². The van der Waals surface area contributed by atoms with Crippen LogP contribution in [0.4, 0.5) is 5.69 Å². The Morgan fingerprint density at radius 1 is 1.10 bits per heavy atom. The molecule has 0 aliphatic carbocycles. The predicted molar refractivity (Wildman–Crippen MR) is 119 cm³/mol. The number of benzene rings is 2. The molecule has 0 saturated carbocycles. The van der Waals surface area contributed by atoms with Gasteiger partial charge >= 0.3 is 0 Å². The molecule has 156 valence electrons. The van der Waals surface area contributed by atoms with Crippen molar-refractivity contribution in [2.24, 2.45) is 5.73 Å². The summed E-state index contributed by atoms with van der Waals surface area (Å²) in [5, 5.41) is 4.67. The van der Waals surface area contributed by atoms with Crippen LogP contribution < -0.4 is 20.5 Å². The third-order valence-corrected chi connectivity index (χ3v) is 6.24. The van der Waals surface area contributed by atoms with Gasteiger partial charge in [0.2, 0.25) is 11.8 Å². The average molecular weight is 444 g/mol. The van der Waals surface area contributed by atoms with Crippen molar-refractivity contribution in [2.45, 2.75) is 16.5 Å². The Labute approximate surface area is 182 Å². The number of hydrogen-bond donors (Lipinski definition) is 2.